The number of thioether (sulfide) groups is 1. The van der Waals surface area contributed by atoms with E-state index in [1.54, 1.807) is 36.5 Å². The number of hydrogen-bond acceptors (Lipinski definition) is 5. The Balaban J connectivity index is 1.78. The van der Waals surface area contributed by atoms with Crippen LogP contribution in [0.4, 0.5) is 5.69 Å². The SMILES string of the molecule is O=C(Nc1ccccc1O)c1cccnc1OC1CCSC1. The highest BCUT2D eigenvalue weighted by Crippen LogP contribution is 2.26. The first-order chi connectivity index (χ1) is 10.7. The molecule has 6 heteroatoms. The van der Waals surface area contributed by atoms with Crippen LogP contribution >= 0.6 is 11.8 Å². The zero-order chi connectivity index (χ0) is 15.4. The van der Waals surface area contributed by atoms with Crippen molar-refractivity contribution >= 4 is 23.4 Å². The maximum Gasteiger partial charge on any atom is 0.261 e. The quantitative estimate of drug-likeness (QED) is 0.849. The lowest BCUT2D eigenvalue weighted by atomic mass is 10.2. The normalized spacial score (nSPS) is 17.2. The summed E-state index contributed by atoms with van der Waals surface area (Å²) >= 11 is 1.83. The van der Waals surface area contributed by atoms with E-state index in [0.29, 0.717) is 17.1 Å². The zero-order valence-corrected chi connectivity index (χ0v) is 12.7. The van der Waals surface area contributed by atoms with Crippen LogP contribution < -0.4 is 10.1 Å². The second kappa shape index (κ2) is 6.70. The smallest absolute Gasteiger partial charge is 0.261 e. The third-order valence-electron chi connectivity index (χ3n) is 3.33. The summed E-state index contributed by atoms with van der Waals surface area (Å²) in [6.45, 7) is 0. The summed E-state index contributed by atoms with van der Waals surface area (Å²) in [5.41, 5.74) is 0.723. The number of pyridine rings is 1. The summed E-state index contributed by atoms with van der Waals surface area (Å²) in [4.78, 5) is 16.6. The van der Waals surface area contributed by atoms with Gasteiger partial charge < -0.3 is 15.2 Å². The molecule has 2 heterocycles. The first-order valence-electron chi connectivity index (χ1n) is 7.03. The van der Waals surface area contributed by atoms with E-state index in [2.05, 4.69) is 10.3 Å². The second-order valence-corrected chi connectivity index (χ2v) is 6.08. The highest BCUT2D eigenvalue weighted by atomic mass is 32.2. The summed E-state index contributed by atoms with van der Waals surface area (Å²) in [5, 5.41) is 12.4. The molecule has 1 aliphatic rings. The average molecular weight is 316 g/mol. The third-order valence-corrected chi connectivity index (χ3v) is 4.47. The Morgan fingerprint density at radius 3 is 2.95 bits per heavy atom. The molecule has 1 saturated heterocycles. The summed E-state index contributed by atoms with van der Waals surface area (Å²) < 4.78 is 5.84. The fourth-order valence-electron chi connectivity index (χ4n) is 2.19. The lowest BCUT2D eigenvalue weighted by Crippen LogP contribution is -2.20. The molecule has 1 fully saturated rings. The molecule has 0 aliphatic carbocycles. The number of rotatable bonds is 4. The van der Waals surface area contributed by atoms with E-state index >= 15 is 0 Å². The Bertz CT molecular complexity index is 672. The van der Waals surface area contributed by atoms with Gasteiger partial charge in [-0.05, 0) is 36.4 Å². The van der Waals surface area contributed by atoms with Crippen LogP contribution in [0, 0.1) is 0 Å². The minimum absolute atomic E-state index is 0.0226. The molecule has 5 nitrogen and oxygen atoms in total. The third kappa shape index (κ3) is 3.33. The van der Waals surface area contributed by atoms with Crippen molar-refractivity contribution in [1.29, 1.82) is 0 Å². The van der Waals surface area contributed by atoms with Gasteiger partial charge in [0.15, 0.2) is 0 Å². The van der Waals surface area contributed by atoms with Crippen LogP contribution in [-0.2, 0) is 0 Å². The van der Waals surface area contributed by atoms with Crippen LogP contribution in [0.15, 0.2) is 42.6 Å². The predicted molar refractivity (Wildman–Crippen MR) is 86.7 cm³/mol. The predicted octanol–water partition coefficient (Wildman–Crippen LogP) is 2.92. The minimum atomic E-state index is -0.352. The highest BCUT2D eigenvalue weighted by molar-refractivity contribution is 7.99. The van der Waals surface area contributed by atoms with Gasteiger partial charge in [-0.25, -0.2) is 4.98 Å². The molecular formula is C16H16N2O3S. The molecule has 22 heavy (non-hydrogen) atoms. The largest absolute Gasteiger partial charge is 0.506 e. The summed E-state index contributed by atoms with van der Waals surface area (Å²) in [5.74, 6) is 1.99. The number of carbonyl (C=O) groups excluding carboxylic acids is 1. The molecule has 1 aliphatic heterocycles. The van der Waals surface area contributed by atoms with Crippen LogP contribution in [0.3, 0.4) is 0 Å². The minimum Gasteiger partial charge on any atom is -0.506 e. The van der Waals surface area contributed by atoms with Crippen molar-refractivity contribution in [3.05, 3.63) is 48.2 Å². The van der Waals surface area contributed by atoms with Gasteiger partial charge in [0.2, 0.25) is 5.88 Å². The maximum atomic E-state index is 12.4. The van der Waals surface area contributed by atoms with Gasteiger partial charge in [0, 0.05) is 11.9 Å². The Labute approximate surface area is 132 Å². The lowest BCUT2D eigenvalue weighted by molar-refractivity contribution is 0.101. The Morgan fingerprint density at radius 1 is 1.32 bits per heavy atom. The number of anilines is 1. The number of phenols is 1. The Hall–Kier alpha value is -2.21. The van der Waals surface area contributed by atoms with Crippen LogP contribution in [0.5, 0.6) is 11.6 Å². The van der Waals surface area contributed by atoms with Crippen LogP contribution in [0.25, 0.3) is 0 Å². The summed E-state index contributed by atoms with van der Waals surface area (Å²) in [7, 11) is 0. The molecule has 2 N–H and O–H groups in total. The van der Waals surface area contributed by atoms with E-state index in [9.17, 15) is 9.90 Å². The Kier molecular flexibility index (Phi) is 4.48. The first-order valence-corrected chi connectivity index (χ1v) is 8.18. The van der Waals surface area contributed by atoms with Gasteiger partial charge in [-0.15, -0.1) is 0 Å². The van der Waals surface area contributed by atoms with Gasteiger partial charge in [-0.3, -0.25) is 4.79 Å². The fourth-order valence-corrected chi connectivity index (χ4v) is 3.28. The van der Waals surface area contributed by atoms with Crippen molar-refractivity contribution in [1.82, 2.24) is 4.98 Å². The number of para-hydroxylation sites is 2. The van der Waals surface area contributed by atoms with Gasteiger partial charge >= 0.3 is 0 Å². The lowest BCUT2D eigenvalue weighted by Gasteiger charge is -2.14. The summed E-state index contributed by atoms with van der Waals surface area (Å²) in [6, 6.07) is 9.95. The molecule has 1 aromatic heterocycles. The Morgan fingerprint density at radius 2 is 2.18 bits per heavy atom. The molecule has 2 aromatic rings. The van der Waals surface area contributed by atoms with Crippen LogP contribution in [0.2, 0.25) is 0 Å². The van der Waals surface area contributed by atoms with Crippen LogP contribution in [-0.4, -0.2) is 33.6 Å². The monoisotopic (exact) mass is 316 g/mol. The molecule has 1 aromatic carbocycles. The molecule has 1 atom stereocenters. The van der Waals surface area contributed by atoms with E-state index in [1.165, 1.54) is 6.07 Å². The number of aromatic hydroxyl groups is 1. The molecule has 1 amide bonds. The van der Waals surface area contributed by atoms with E-state index < -0.39 is 0 Å². The maximum absolute atomic E-state index is 12.4. The van der Waals surface area contributed by atoms with E-state index in [-0.39, 0.29) is 17.8 Å². The number of amides is 1. The highest BCUT2D eigenvalue weighted by Gasteiger charge is 2.21. The molecular weight excluding hydrogens is 300 g/mol. The van der Waals surface area contributed by atoms with Crippen molar-refractivity contribution in [3.63, 3.8) is 0 Å². The van der Waals surface area contributed by atoms with E-state index in [0.717, 1.165) is 17.9 Å². The van der Waals surface area contributed by atoms with Gasteiger partial charge in [0.25, 0.3) is 5.91 Å². The number of carbonyl (C=O) groups is 1. The fraction of sp³-hybridized carbons (Fsp3) is 0.250. The van der Waals surface area contributed by atoms with Gasteiger partial charge in [0.1, 0.15) is 17.4 Å². The number of aromatic nitrogens is 1. The zero-order valence-electron chi connectivity index (χ0n) is 11.9. The van der Waals surface area contributed by atoms with Crippen molar-refractivity contribution in [2.45, 2.75) is 12.5 Å². The van der Waals surface area contributed by atoms with Crippen molar-refractivity contribution in [2.24, 2.45) is 0 Å². The number of ether oxygens (including phenoxy) is 1. The van der Waals surface area contributed by atoms with Gasteiger partial charge in [-0.1, -0.05) is 12.1 Å². The molecule has 0 spiro atoms. The van der Waals surface area contributed by atoms with Gasteiger partial charge in [-0.2, -0.15) is 11.8 Å². The van der Waals surface area contributed by atoms with Crippen LogP contribution in [0.1, 0.15) is 16.8 Å². The average Bonchev–Trinajstić information content (AvgIpc) is 3.03. The van der Waals surface area contributed by atoms with E-state index in [4.69, 9.17) is 4.74 Å². The molecule has 0 saturated carbocycles. The van der Waals surface area contributed by atoms with Gasteiger partial charge in [0.05, 0.1) is 5.69 Å². The van der Waals surface area contributed by atoms with Crippen molar-refractivity contribution in [2.75, 3.05) is 16.8 Å². The molecule has 0 radical (unpaired) electrons. The number of benzene rings is 1. The molecule has 114 valence electrons. The topological polar surface area (TPSA) is 71.5 Å². The molecule has 3 rings (SSSR count). The van der Waals surface area contributed by atoms with Crippen molar-refractivity contribution < 1.29 is 14.6 Å². The number of phenolic OH excluding ortho intramolecular Hbond substituents is 1. The molecule has 1 unspecified atom stereocenters. The number of nitrogens with zero attached hydrogens (tertiary/aromatic N) is 1. The number of hydrogen-bond donors (Lipinski definition) is 2. The standard InChI is InChI=1S/C16H16N2O3S/c19-14-6-2-1-5-13(14)18-15(20)12-4-3-8-17-16(12)21-11-7-9-22-10-11/h1-6,8,11,19H,7,9-10H2,(H,18,20). The molecule has 0 bridgehead atoms. The second-order valence-electron chi connectivity index (χ2n) is 4.93. The van der Waals surface area contributed by atoms with E-state index in [1.807, 2.05) is 11.8 Å². The first kappa shape index (κ1) is 14.7. The van der Waals surface area contributed by atoms with Crippen molar-refractivity contribution in [3.8, 4) is 11.6 Å². The number of nitrogens with one attached hydrogen (secondary N) is 1. The summed E-state index contributed by atoms with van der Waals surface area (Å²) in [6.07, 6.45) is 2.66.